The first-order valence-electron chi connectivity index (χ1n) is 19.0. The first-order chi connectivity index (χ1) is 28.2. The molecule has 4 atom stereocenters. The largest absolute Gasteiger partial charge is 0.488 e. The van der Waals surface area contributed by atoms with Crippen molar-refractivity contribution in [3.63, 3.8) is 0 Å². The van der Waals surface area contributed by atoms with Crippen LogP contribution in [0.4, 0.5) is 13.6 Å². The molecule has 1 aliphatic heterocycles. The van der Waals surface area contributed by atoms with Gasteiger partial charge in [0.05, 0.1) is 54.7 Å². The predicted molar refractivity (Wildman–Crippen MR) is 219 cm³/mol. The zero-order valence-electron chi connectivity index (χ0n) is 33.2. The van der Waals surface area contributed by atoms with Crippen LogP contribution in [0, 0.1) is 34.3 Å². The molecule has 0 saturated carbocycles. The van der Waals surface area contributed by atoms with Gasteiger partial charge in [-0.05, 0) is 81.1 Å². The average molecular weight is 851 g/mol. The fourth-order valence-electron chi connectivity index (χ4n) is 6.15. The topological polar surface area (TPSA) is 160 Å². The van der Waals surface area contributed by atoms with Gasteiger partial charge in [-0.1, -0.05) is 72.3 Å². The third kappa shape index (κ3) is 14.9. The molecule has 0 aromatic heterocycles. The number of halogens is 3. The Bertz CT molecular complexity index is 2130. The molecule has 2 N–H and O–H groups in total. The molecule has 0 spiro atoms. The third-order valence-electron chi connectivity index (χ3n) is 8.92. The molecule has 0 radical (unpaired) electrons. The Morgan fingerprint density at radius 1 is 0.831 bits per heavy atom. The minimum absolute atomic E-state index is 0.0530. The van der Waals surface area contributed by atoms with Gasteiger partial charge >= 0.3 is 6.09 Å². The van der Waals surface area contributed by atoms with Gasteiger partial charge in [0, 0.05) is 30.3 Å². The second-order valence-corrected chi connectivity index (χ2v) is 17.2. The van der Waals surface area contributed by atoms with E-state index in [2.05, 4.69) is 22.8 Å². The quantitative estimate of drug-likeness (QED) is 0.0984. The van der Waals surface area contributed by atoms with E-state index in [0.29, 0.717) is 44.3 Å². The van der Waals surface area contributed by atoms with E-state index >= 15 is 4.39 Å². The number of hydrogen-bond acceptors (Lipinski definition) is 10. The average Bonchev–Trinajstić information content (AvgIpc) is 3.20. The van der Waals surface area contributed by atoms with Gasteiger partial charge in [0.2, 0.25) is 0 Å². The molecule has 0 saturated heterocycles. The van der Waals surface area contributed by atoms with E-state index in [1.165, 1.54) is 24.3 Å². The Hall–Kier alpha value is -5.09. The minimum Gasteiger partial charge on any atom is -0.488 e. The van der Waals surface area contributed by atoms with Crippen LogP contribution < -0.4 is 15.4 Å². The Balaban J connectivity index is 0.000000299. The molecule has 1 aliphatic rings. The van der Waals surface area contributed by atoms with Gasteiger partial charge in [0.25, 0.3) is 0 Å². The van der Waals surface area contributed by atoms with Gasteiger partial charge in [0.15, 0.2) is 21.4 Å². The maximum absolute atomic E-state index is 15.0. The van der Waals surface area contributed by atoms with Gasteiger partial charge in [-0.15, -0.1) is 0 Å². The van der Waals surface area contributed by atoms with E-state index in [9.17, 15) is 22.9 Å². The number of fused-ring (bicyclic) bond motifs is 1. The van der Waals surface area contributed by atoms with Crippen molar-refractivity contribution in [1.82, 2.24) is 10.6 Å². The van der Waals surface area contributed by atoms with Crippen molar-refractivity contribution in [2.24, 2.45) is 0 Å². The zero-order valence-corrected chi connectivity index (χ0v) is 34.8. The van der Waals surface area contributed by atoms with E-state index in [4.69, 9.17) is 35.8 Å². The van der Waals surface area contributed by atoms with Crippen LogP contribution in [0.1, 0.15) is 68.4 Å². The van der Waals surface area contributed by atoms with Crippen molar-refractivity contribution in [2.45, 2.75) is 93.5 Å². The fraction of sp³-hybridized carbons (Fsp3) is 0.386. The number of nitrogens with one attached hydrogen (secondary N) is 2. The Morgan fingerprint density at radius 2 is 1.36 bits per heavy atom. The molecule has 4 aromatic carbocycles. The molecule has 0 aliphatic carbocycles. The summed E-state index contributed by atoms with van der Waals surface area (Å²) < 4.78 is 79.1. The smallest absolute Gasteiger partial charge is 0.407 e. The van der Waals surface area contributed by atoms with Crippen molar-refractivity contribution >= 4 is 27.5 Å². The Kier molecular flexibility index (Phi) is 18.1. The van der Waals surface area contributed by atoms with E-state index in [1.54, 1.807) is 20.8 Å². The molecule has 15 heteroatoms. The molecular formula is C44H49ClF2N4O7S. The van der Waals surface area contributed by atoms with E-state index in [-0.39, 0.29) is 35.9 Å². The van der Waals surface area contributed by atoms with E-state index in [1.807, 2.05) is 60.7 Å². The number of nitrogens with zero attached hydrogens (tertiary/aromatic N) is 2. The van der Waals surface area contributed by atoms with Gasteiger partial charge in [-0.25, -0.2) is 22.0 Å². The predicted octanol–water partition coefficient (Wildman–Crippen LogP) is 8.77. The highest BCUT2D eigenvalue weighted by atomic mass is 35.5. The molecule has 0 fully saturated rings. The first kappa shape index (κ1) is 46.6. The summed E-state index contributed by atoms with van der Waals surface area (Å²) in [6.07, 6.45) is 0.740. The summed E-state index contributed by atoms with van der Waals surface area (Å²) in [5.41, 5.74) is 1.16. The molecular weight excluding hydrogens is 802 g/mol. The second-order valence-electron chi connectivity index (χ2n) is 14.7. The molecule has 314 valence electrons. The van der Waals surface area contributed by atoms with Crippen molar-refractivity contribution in [3.8, 4) is 17.9 Å². The van der Waals surface area contributed by atoms with Crippen LogP contribution in [0.25, 0.3) is 0 Å². The van der Waals surface area contributed by atoms with Gasteiger partial charge in [0.1, 0.15) is 23.3 Å². The highest BCUT2D eigenvalue weighted by molar-refractivity contribution is 7.91. The Labute approximate surface area is 350 Å². The molecule has 4 aromatic rings. The van der Waals surface area contributed by atoms with Crippen molar-refractivity contribution in [1.29, 1.82) is 10.5 Å². The highest BCUT2D eigenvalue weighted by Gasteiger charge is 2.44. The van der Waals surface area contributed by atoms with Crippen molar-refractivity contribution in [3.05, 3.63) is 130 Å². The number of sulfone groups is 1. The van der Waals surface area contributed by atoms with Gasteiger partial charge < -0.3 is 29.6 Å². The summed E-state index contributed by atoms with van der Waals surface area (Å²) in [4.78, 5) is 11.6. The number of carbonyl (C=O) groups excluding carboxylic acids is 1. The maximum atomic E-state index is 15.0. The number of carbonyl (C=O) groups is 1. The van der Waals surface area contributed by atoms with Crippen LogP contribution in [0.15, 0.2) is 102 Å². The molecule has 1 amide bonds. The summed E-state index contributed by atoms with van der Waals surface area (Å²) >= 11 is 5.93. The van der Waals surface area contributed by atoms with Crippen LogP contribution in [0.5, 0.6) is 5.75 Å². The molecule has 2 unspecified atom stereocenters. The summed E-state index contributed by atoms with van der Waals surface area (Å²) in [5.74, 6) is -2.17. The SMILES string of the molecule is CC(C)(C)OC(=O)N[C@H](CC#N)CCOCc1ccccc1.N#CC[C@H](CCOCc1ccccc1)NC1COc2c(F)ccc(F)c2C1S(=O)(=O)c1ccc(Cl)cc1. The summed E-state index contributed by atoms with van der Waals surface area (Å²) in [7, 11) is -4.22. The van der Waals surface area contributed by atoms with Crippen LogP contribution >= 0.6 is 11.6 Å². The summed E-state index contributed by atoms with van der Waals surface area (Å²) in [6, 6.07) is 29.2. The number of alkyl carbamates (subject to hydrolysis) is 1. The Morgan fingerprint density at radius 3 is 1.90 bits per heavy atom. The number of benzene rings is 4. The van der Waals surface area contributed by atoms with Crippen LogP contribution in [0.3, 0.4) is 0 Å². The van der Waals surface area contributed by atoms with Gasteiger partial charge in [-0.3, -0.25) is 0 Å². The standard InChI is InChI=1S/C27H25ClF2N2O4S.C17H24N2O3/c28-19-6-8-21(9-7-19)37(33,34)27-24(17-36-26-23(30)11-10-22(29)25(26)27)32-20(12-14-31)13-15-35-16-18-4-2-1-3-5-18;1-17(2,3)22-16(20)19-15(9-11-18)10-12-21-13-14-7-5-4-6-8-14/h1-11,20,24,27,32H,12-13,15-17H2;4-8,15H,9-10,12-13H2,1-3H3,(H,19,20)/t20-,24?,27?;15-/m11/s1. The summed E-state index contributed by atoms with van der Waals surface area (Å²) in [6.45, 7) is 6.84. The lowest BCUT2D eigenvalue weighted by atomic mass is 9.99. The maximum Gasteiger partial charge on any atom is 0.407 e. The van der Waals surface area contributed by atoms with Crippen LogP contribution in [0.2, 0.25) is 5.02 Å². The molecule has 1 heterocycles. The second kappa shape index (κ2) is 22.9. The lowest BCUT2D eigenvalue weighted by Gasteiger charge is -2.36. The number of hydrogen-bond donors (Lipinski definition) is 2. The number of ether oxygens (including phenoxy) is 4. The van der Waals surface area contributed by atoms with Crippen molar-refractivity contribution < 1.29 is 40.9 Å². The number of nitriles is 2. The monoisotopic (exact) mass is 850 g/mol. The molecule has 0 bridgehead atoms. The number of rotatable bonds is 17. The normalized spacial score (nSPS) is 15.8. The zero-order chi connectivity index (χ0) is 42.8. The lowest BCUT2D eigenvalue weighted by molar-refractivity contribution is 0.0484. The first-order valence-corrected chi connectivity index (χ1v) is 21.0. The minimum atomic E-state index is -4.22. The highest BCUT2D eigenvalue weighted by Crippen LogP contribution is 2.43. The molecule has 59 heavy (non-hydrogen) atoms. The van der Waals surface area contributed by atoms with Crippen LogP contribution in [-0.4, -0.2) is 58.1 Å². The van der Waals surface area contributed by atoms with Gasteiger partial charge in [-0.2, -0.15) is 10.5 Å². The van der Waals surface area contributed by atoms with E-state index in [0.717, 1.165) is 23.3 Å². The third-order valence-corrected chi connectivity index (χ3v) is 11.3. The molecule has 11 nitrogen and oxygen atoms in total. The summed E-state index contributed by atoms with van der Waals surface area (Å²) in [5, 5.41) is 22.9. The van der Waals surface area contributed by atoms with E-state index < -0.39 is 56.2 Å². The van der Waals surface area contributed by atoms with Crippen LogP contribution in [-0.2, 0) is 37.3 Å². The number of amides is 1. The fourth-order valence-corrected chi connectivity index (χ4v) is 8.20. The van der Waals surface area contributed by atoms with Crippen molar-refractivity contribution in [2.75, 3.05) is 19.8 Å². The molecule has 5 rings (SSSR count). The lowest BCUT2D eigenvalue weighted by Crippen LogP contribution is -2.50.